The van der Waals surface area contributed by atoms with E-state index in [1.165, 1.54) is 0 Å². The van der Waals surface area contributed by atoms with Crippen LogP contribution in [0.5, 0.6) is 0 Å². The minimum Gasteiger partial charge on any atom is -0.445 e. The van der Waals surface area contributed by atoms with Gasteiger partial charge in [-0.3, -0.25) is 0 Å². The first-order valence-corrected chi connectivity index (χ1v) is 6.26. The van der Waals surface area contributed by atoms with Crippen LogP contribution in [0.2, 0.25) is 0 Å². The van der Waals surface area contributed by atoms with Gasteiger partial charge in [-0.1, -0.05) is 37.3 Å². The molecule has 1 aromatic carbocycles. The molecule has 0 aliphatic rings. The van der Waals surface area contributed by atoms with Gasteiger partial charge in [0.25, 0.3) is 0 Å². The highest BCUT2D eigenvalue weighted by Gasteiger charge is 2.15. The first-order valence-electron chi connectivity index (χ1n) is 6.26. The number of imidazole rings is 1. The van der Waals surface area contributed by atoms with Gasteiger partial charge in [-0.05, 0) is 12.0 Å². The highest BCUT2D eigenvalue weighted by molar-refractivity contribution is 5.67. The lowest BCUT2D eigenvalue weighted by Crippen LogP contribution is -2.29. The molecule has 1 aromatic heterocycles. The fourth-order valence-electron chi connectivity index (χ4n) is 1.74. The number of carbonyl (C=O) groups is 1. The fraction of sp³-hybridized carbons (Fsp3) is 0.286. The highest BCUT2D eigenvalue weighted by Crippen LogP contribution is 2.11. The van der Waals surface area contributed by atoms with Crippen LogP contribution < -0.4 is 5.32 Å². The van der Waals surface area contributed by atoms with Gasteiger partial charge in [-0.25, -0.2) is 9.78 Å². The standard InChI is InChI=1S/C14H17N3O2/c1-2-12(13-15-8-9-16-13)17-14(18)19-10-11-6-4-3-5-7-11/h3-9,12H,2,10H2,1H3,(H,15,16)(H,17,18)/t12-/m0/s1. The molecule has 0 fully saturated rings. The number of carbonyl (C=O) groups excluding carboxylic acids is 1. The molecule has 0 radical (unpaired) electrons. The summed E-state index contributed by atoms with van der Waals surface area (Å²) in [5.41, 5.74) is 0.962. The largest absolute Gasteiger partial charge is 0.445 e. The van der Waals surface area contributed by atoms with Crippen molar-refractivity contribution in [2.45, 2.75) is 26.0 Å². The molecule has 1 atom stereocenters. The van der Waals surface area contributed by atoms with Crippen LogP contribution in [0.15, 0.2) is 42.7 Å². The number of rotatable bonds is 5. The first kappa shape index (κ1) is 13.1. The molecule has 1 heterocycles. The van der Waals surface area contributed by atoms with E-state index in [1.54, 1.807) is 12.4 Å². The van der Waals surface area contributed by atoms with Crippen LogP contribution in [0.3, 0.4) is 0 Å². The van der Waals surface area contributed by atoms with E-state index in [2.05, 4.69) is 15.3 Å². The summed E-state index contributed by atoms with van der Waals surface area (Å²) < 4.78 is 5.17. The molecule has 2 N–H and O–H groups in total. The van der Waals surface area contributed by atoms with Gasteiger partial charge < -0.3 is 15.0 Å². The number of ether oxygens (including phenoxy) is 1. The Kier molecular flexibility index (Phi) is 4.55. The van der Waals surface area contributed by atoms with Crippen molar-refractivity contribution in [3.63, 3.8) is 0 Å². The molecule has 0 bridgehead atoms. The van der Waals surface area contributed by atoms with Crippen LogP contribution in [-0.2, 0) is 11.3 Å². The Bertz CT molecular complexity index is 497. The molecule has 1 amide bonds. The van der Waals surface area contributed by atoms with Crippen LogP contribution >= 0.6 is 0 Å². The average molecular weight is 259 g/mol. The molecular weight excluding hydrogens is 242 g/mol. The van der Waals surface area contributed by atoms with Gasteiger partial charge in [-0.2, -0.15) is 0 Å². The minimum absolute atomic E-state index is 0.154. The van der Waals surface area contributed by atoms with Gasteiger partial charge in [0.2, 0.25) is 0 Å². The molecule has 2 rings (SSSR count). The Morgan fingerprint density at radius 3 is 2.84 bits per heavy atom. The lowest BCUT2D eigenvalue weighted by molar-refractivity contribution is 0.135. The third-order valence-electron chi connectivity index (χ3n) is 2.76. The minimum atomic E-state index is -0.438. The van der Waals surface area contributed by atoms with E-state index in [0.717, 1.165) is 17.8 Å². The predicted molar refractivity (Wildman–Crippen MR) is 71.4 cm³/mol. The molecule has 19 heavy (non-hydrogen) atoms. The maximum Gasteiger partial charge on any atom is 0.408 e. The van der Waals surface area contributed by atoms with Gasteiger partial charge >= 0.3 is 6.09 Å². The Labute approximate surface area is 112 Å². The quantitative estimate of drug-likeness (QED) is 0.867. The topological polar surface area (TPSA) is 67.0 Å². The number of nitrogens with zero attached hydrogens (tertiary/aromatic N) is 1. The third kappa shape index (κ3) is 3.84. The number of alkyl carbamates (subject to hydrolysis) is 1. The summed E-state index contributed by atoms with van der Waals surface area (Å²) in [6.07, 6.45) is 3.70. The van der Waals surface area contributed by atoms with Crippen LogP contribution in [0.4, 0.5) is 4.79 Å². The number of amides is 1. The second kappa shape index (κ2) is 6.58. The van der Waals surface area contributed by atoms with E-state index in [4.69, 9.17) is 4.74 Å². The average Bonchev–Trinajstić information content (AvgIpc) is 2.97. The van der Waals surface area contributed by atoms with Crippen molar-refractivity contribution in [1.29, 1.82) is 0 Å². The van der Waals surface area contributed by atoms with Gasteiger partial charge in [0.05, 0.1) is 6.04 Å². The molecule has 0 aliphatic heterocycles. The van der Waals surface area contributed by atoms with Crippen molar-refractivity contribution < 1.29 is 9.53 Å². The van der Waals surface area contributed by atoms with E-state index in [0.29, 0.717) is 0 Å². The van der Waals surface area contributed by atoms with Gasteiger partial charge in [0.1, 0.15) is 12.4 Å². The van der Waals surface area contributed by atoms with E-state index >= 15 is 0 Å². The molecular formula is C14H17N3O2. The maximum absolute atomic E-state index is 11.7. The van der Waals surface area contributed by atoms with Crippen LogP contribution in [0.1, 0.15) is 30.8 Å². The molecule has 0 spiro atoms. The predicted octanol–water partition coefficient (Wildman–Crippen LogP) is 2.79. The van der Waals surface area contributed by atoms with Crippen molar-refractivity contribution in [3.05, 3.63) is 54.1 Å². The van der Waals surface area contributed by atoms with Gasteiger partial charge in [0, 0.05) is 12.4 Å². The Balaban J connectivity index is 1.84. The molecule has 0 unspecified atom stereocenters. The van der Waals surface area contributed by atoms with Gasteiger partial charge in [0.15, 0.2) is 0 Å². The zero-order chi connectivity index (χ0) is 13.5. The number of benzene rings is 1. The van der Waals surface area contributed by atoms with Gasteiger partial charge in [-0.15, -0.1) is 0 Å². The van der Waals surface area contributed by atoms with E-state index < -0.39 is 6.09 Å². The first-order chi connectivity index (χ1) is 9.29. The summed E-state index contributed by atoms with van der Waals surface area (Å²) in [4.78, 5) is 18.8. The Morgan fingerprint density at radius 1 is 1.42 bits per heavy atom. The van der Waals surface area contributed by atoms with Crippen molar-refractivity contribution in [3.8, 4) is 0 Å². The summed E-state index contributed by atoms with van der Waals surface area (Å²) in [5.74, 6) is 0.735. The van der Waals surface area contributed by atoms with Crippen molar-refractivity contribution in [2.75, 3.05) is 0 Å². The van der Waals surface area contributed by atoms with E-state index in [-0.39, 0.29) is 12.6 Å². The zero-order valence-electron chi connectivity index (χ0n) is 10.8. The number of hydrogen-bond donors (Lipinski definition) is 2. The molecule has 0 saturated heterocycles. The molecule has 5 nitrogen and oxygen atoms in total. The molecule has 100 valence electrons. The Morgan fingerprint density at radius 2 is 2.21 bits per heavy atom. The fourth-order valence-corrected chi connectivity index (χ4v) is 1.74. The monoisotopic (exact) mass is 259 g/mol. The normalized spacial score (nSPS) is 11.8. The number of hydrogen-bond acceptors (Lipinski definition) is 3. The summed E-state index contributed by atoms with van der Waals surface area (Å²) in [6, 6.07) is 9.42. The highest BCUT2D eigenvalue weighted by atomic mass is 16.5. The van der Waals surface area contributed by atoms with Crippen molar-refractivity contribution >= 4 is 6.09 Å². The number of nitrogens with one attached hydrogen (secondary N) is 2. The maximum atomic E-state index is 11.7. The summed E-state index contributed by atoms with van der Waals surface area (Å²) in [5, 5.41) is 2.78. The number of aromatic nitrogens is 2. The number of aromatic amines is 1. The van der Waals surface area contributed by atoms with Crippen LogP contribution in [-0.4, -0.2) is 16.1 Å². The molecule has 5 heteroatoms. The Hall–Kier alpha value is -2.30. The number of H-pyrrole nitrogens is 1. The lowest BCUT2D eigenvalue weighted by Gasteiger charge is -2.14. The van der Waals surface area contributed by atoms with E-state index in [1.807, 2.05) is 37.3 Å². The van der Waals surface area contributed by atoms with Crippen LogP contribution in [0, 0.1) is 0 Å². The molecule has 2 aromatic rings. The second-order valence-corrected chi connectivity index (χ2v) is 4.14. The van der Waals surface area contributed by atoms with Crippen molar-refractivity contribution in [1.82, 2.24) is 15.3 Å². The van der Waals surface area contributed by atoms with E-state index in [9.17, 15) is 4.79 Å². The third-order valence-corrected chi connectivity index (χ3v) is 2.76. The summed E-state index contributed by atoms with van der Waals surface area (Å²) in [6.45, 7) is 2.24. The second-order valence-electron chi connectivity index (χ2n) is 4.14. The zero-order valence-corrected chi connectivity index (χ0v) is 10.8. The lowest BCUT2D eigenvalue weighted by atomic mass is 10.2. The SMILES string of the molecule is CC[C@H](NC(=O)OCc1ccccc1)c1ncc[nH]1. The summed E-state index contributed by atoms with van der Waals surface area (Å²) in [7, 11) is 0. The van der Waals surface area contributed by atoms with Crippen molar-refractivity contribution in [2.24, 2.45) is 0 Å². The molecule has 0 saturated carbocycles. The smallest absolute Gasteiger partial charge is 0.408 e. The van der Waals surface area contributed by atoms with Crippen LogP contribution in [0.25, 0.3) is 0 Å². The molecule has 0 aliphatic carbocycles. The summed E-state index contributed by atoms with van der Waals surface area (Å²) >= 11 is 0.